The highest BCUT2D eigenvalue weighted by molar-refractivity contribution is 14.1. The summed E-state index contributed by atoms with van der Waals surface area (Å²) < 4.78 is 20.7. The van der Waals surface area contributed by atoms with Gasteiger partial charge in [-0.2, -0.15) is 0 Å². The molecule has 0 unspecified atom stereocenters. The second-order valence-corrected chi connectivity index (χ2v) is 6.23. The van der Waals surface area contributed by atoms with Gasteiger partial charge in [0.25, 0.3) is 0 Å². The molecule has 0 aliphatic carbocycles. The van der Waals surface area contributed by atoms with Crippen molar-refractivity contribution in [1.82, 2.24) is 0 Å². The van der Waals surface area contributed by atoms with Crippen molar-refractivity contribution in [3.8, 4) is 11.5 Å². The molecule has 0 fully saturated rings. The molecule has 2 nitrogen and oxygen atoms in total. The first-order chi connectivity index (χ1) is 8.88. The van der Waals surface area contributed by atoms with E-state index in [-0.39, 0.29) is 5.82 Å². The zero-order chi connectivity index (χ0) is 14.2. The van der Waals surface area contributed by atoms with E-state index in [2.05, 4.69) is 15.9 Å². The summed E-state index contributed by atoms with van der Waals surface area (Å²) >= 11 is 5.39. The van der Waals surface area contributed by atoms with Gasteiger partial charge in [-0.15, -0.1) is 0 Å². The third-order valence-electron chi connectivity index (χ3n) is 2.69. The van der Waals surface area contributed by atoms with Gasteiger partial charge in [-0.25, -0.2) is 4.39 Å². The quantitative estimate of drug-likeness (QED) is 0.520. The van der Waals surface area contributed by atoms with Gasteiger partial charge in [0.05, 0.1) is 9.26 Å². The lowest BCUT2D eigenvalue weighted by Crippen LogP contribution is -1.96. The zero-order valence-electron chi connectivity index (χ0n) is 10.4. The monoisotopic (exact) mass is 435 g/mol. The van der Waals surface area contributed by atoms with Crippen molar-refractivity contribution in [2.75, 3.05) is 5.73 Å². The maximum atomic E-state index is 13.5. The minimum atomic E-state index is -0.338. The molecular weight excluding hydrogens is 424 g/mol. The Labute approximate surface area is 133 Å². The maximum absolute atomic E-state index is 13.5. The average molecular weight is 436 g/mol. The van der Waals surface area contributed by atoms with E-state index in [0.717, 1.165) is 15.6 Å². The van der Waals surface area contributed by atoms with Crippen LogP contribution in [0, 0.1) is 23.2 Å². The topological polar surface area (TPSA) is 35.2 Å². The lowest BCUT2D eigenvalue weighted by Gasteiger charge is -2.12. The van der Waals surface area contributed by atoms with E-state index in [9.17, 15) is 4.39 Å². The van der Waals surface area contributed by atoms with Crippen molar-refractivity contribution >= 4 is 44.2 Å². The van der Waals surface area contributed by atoms with Gasteiger partial charge < -0.3 is 10.5 Å². The number of rotatable bonds is 2. The minimum absolute atomic E-state index is 0.332. The number of benzene rings is 2. The predicted molar refractivity (Wildman–Crippen MR) is 87.2 cm³/mol. The van der Waals surface area contributed by atoms with Gasteiger partial charge in [0.1, 0.15) is 11.6 Å². The Morgan fingerprint density at radius 3 is 2.32 bits per heavy atom. The van der Waals surface area contributed by atoms with Crippen LogP contribution in [0.1, 0.15) is 11.1 Å². The van der Waals surface area contributed by atoms with Gasteiger partial charge in [-0.05, 0) is 65.8 Å². The van der Waals surface area contributed by atoms with Gasteiger partial charge in [0, 0.05) is 10.5 Å². The third-order valence-corrected chi connectivity index (χ3v) is 4.77. The molecule has 5 heteroatoms. The first kappa shape index (κ1) is 14.6. The zero-order valence-corrected chi connectivity index (χ0v) is 14.2. The maximum Gasteiger partial charge on any atom is 0.153 e. The third kappa shape index (κ3) is 3.20. The molecule has 2 aromatic rings. The van der Waals surface area contributed by atoms with Crippen LogP contribution >= 0.6 is 38.5 Å². The second kappa shape index (κ2) is 5.66. The van der Waals surface area contributed by atoms with Crippen LogP contribution in [0.3, 0.4) is 0 Å². The Balaban J connectivity index is 2.39. The fourth-order valence-corrected chi connectivity index (χ4v) is 2.44. The van der Waals surface area contributed by atoms with Gasteiger partial charge in [-0.3, -0.25) is 0 Å². The molecule has 0 radical (unpaired) electrons. The summed E-state index contributed by atoms with van der Waals surface area (Å²) in [7, 11) is 0. The van der Waals surface area contributed by atoms with E-state index >= 15 is 0 Å². The van der Waals surface area contributed by atoms with Crippen molar-refractivity contribution in [3.63, 3.8) is 0 Å². The Kier molecular flexibility index (Phi) is 4.35. The lowest BCUT2D eigenvalue weighted by molar-refractivity contribution is 0.477. The Morgan fingerprint density at radius 2 is 1.74 bits per heavy atom. The van der Waals surface area contributed by atoms with Crippen LogP contribution in [0.15, 0.2) is 28.7 Å². The van der Waals surface area contributed by atoms with Crippen LogP contribution in [0.5, 0.6) is 11.5 Å². The van der Waals surface area contributed by atoms with Crippen molar-refractivity contribution in [2.45, 2.75) is 13.8 Å². The number of aryl methyl sites for hydroxylation is 2. The highest BCUT2D eigenvalue weighted by Crippen LogP contribution is 2.33. The molecule has 0 heterocycles. The molecule has 0 aliphatic rings. The molecule has 0 aromatic heterocycles. The minimum Gasteiger partial charge on any atom is -0.455 e. The number of halogens is 3. The first-order valence-corrected chi connectivity index (χ1v) is 7.45. The van der Waals surface area contributed by atoms with Crippen LogP contribution in [0.4, 0.5) is 10.1 Å². The summed E-state index contributed by atoms with van der Waals surface area (Å²) in [4.78, 5) is 0. The molecule has 2 N–H and O–H groups in total. The number of nitrogens with two attached hydrogens (primary N) is 1. The van der Waals surface area contributed by atoms with E-state index in [1.165, 1.54) is 6.07 Å². The Morgan fingerprint density at radius 1 is 1.16 bits per heavy atom. The summed E-state index contributed by atoms with van der Waals surface area (Å²) in [6.45, 7) is 3.95. The van der Waals surface area contributed by atoms with Gasteiger partial charge in [-0.1, -0.05) is 15.9 Å². The van der Waals surface area contributed by atoms with Crippen molar-refractivity contribution in [3.05, 3.63) is 49.3 Å². The van der Waals surface area contributed by atoms with Crippen molar-refractivity contribution in [2.24, 2.45) is 0 Å². The van der Waals surface area contributed by atoms with Crippen molar-refractivity contribution in [1.29, 1.82) is 0 Å². The molecule has 0 saturated carbocycles. The molecule has 0 atom stereocenters. The standard InChI is InChI=1S/C14H12BrFINO/c1-7-3-9(4-8(2)14(7)15)19-13-5-10(16)11(17)6-12(13)18/h3-6H,18H2,1-2H3. The van der Waals surface area contributed by atoms with Crippen molar-refractivity contribution < 1.29 is 9.13 Å². The van der Waals surface area contributed by atoms with E-state index < -0.39 is 0 Å². The Hall–Kier alpha value is -0.820. The fourth-order valence-electron chi connectivity index (χ4n) is 1.72. The van der Waals surface area contributed by atoms with Crippen LogP contribution in [0.25, 0.3) is 0 Å². The fraction of sp³-hybridized carbons (Fsp3) is 0.143. The summed E-state index contributed by atoms with van der Waals surface area (Å²) in [6.07, 6.45) is 0. The average Bonchev–Trinajstić information content (AvgIpc) is 2.33. The predicted octanol–water partition coefficient (Wildman–Crippen LogP) is 5.18. The summed E-state index contributed by atoms with van der Waals surface area (Å²) in [5.41, 5.74) is 8.37. The molecular formula is C14H12BrFINO. The smallest absolute Gasteiger partial charge is 0.153 e. The molecule has 0 spiro atoms. The molecule has 0 aliphatic heterocycles. The largest absolute Gasteiger partial charge is 0.455 e. The van der Waals surface area contributed by atoms with Crippen LogP contribution < -0.4 is 10.5 Å². The summed E-state index contributed by atoms with van der Waals surface area (Å²) in [6, 6.07) is 6.63. The molecule has 0 bridgehead atoms. The number of nitrogen functional groups attached to an aromatic ring is 1. The normalized spacial score (nSPS) is 10.6. The number of ether oxygens (including phenoxy) is 1. The van der Waals surface area contributed by atoms with E-state index in [0.29, 0.717) is 20.8 Å². The first-order valence-electron chi connectivity index (χ1n) is 5.57. The van der Waals surface area contributed by atoms with E-state index in [1.807, 2.05) is 48.6 Å². The highest BCUT2D eigenvalue weighted by atomic mass is 127. The molecule has 19 heavy (non-hydrogen) atoms. The summed E-state index contributed by atoms with van der Waals surface area (Å²) in [5, 5.41) is 0. The highest BCUT2D eigenvalue weighted by Gasteiger charge is 2.10. The molecule has 2 rings (SSSR count). The number of anilines is 1. The van der Waals surface area contributed by atoms with E-state index in [4.69, 9.17) is 10.5 Å². The SMILES string of the molecule is Cc1cc(Oc2cc(F)c(I)cc2N)cc(C)c1Br. The molecule has 0 saturated heterocycles. The van der Waals surface area contributed by atoms with Crippen LogP contribution in [0.2, 0.25) is 0 Å². The molecule has 100 valence electrons. The Bertz CT molecular complexity index is 623. The number of hydrogen-bond donors (Lipinski definition) is 1. The van der Waals surface area contributed by atoms with Crippen LogP contribution in [-0.4, -0.2) is 0 Å². The van der Waals surface area contributed by atoms with Gasteiger partial charge in [0.2, 0.25) is 0 Å². The van der Waals surface area contributed by atoms with Gasteiger partial charge >= 0.3 is 0 Å². The lowest BCUT2D eigenvalue weighted by atomic mass is 10.1. The second-order valence-electron chi connectivity index (χ2n) is 4.28. The summed E-state index contributed by atoms with van der Waals surface area (Å²) in [5.74, 6) is 0.639. The van der Waals surface area contributed by atoms with Gasteiger partial charge in [0.15, 0.2) is 5.75 Å². The van der Waals surface area contributed by atoms with E-state index in [1.54, 1.807) is 6.07 Å². The van der Waals surface area contributed by atoms with Crippen LogP contribution in [-0.2, 0) is 0 Å². The molecule has 0 amide bonds. The number of hydrogen-bond acceptors (Lipinski definition) is 2. The molecule has 2 aromatic carbocycles.